The van der Waals surface area contributed by atoms with Gasteiger partial charge < -0.3 is 14.5 Å². The quantitative estimate of drug-likeness (QED) is 0.372. The second-order valence-corrected chi connectivity index (χ2v) is 9.68. The maximum absolute atomic E-state index is 13.9. The van der Waals surface area contributed by atoms with Gasteiger partial charge in [0, 0.05) is 11.1 Å². The molecule has 2 amide bonds. The number of anilines is 1. The summed E-state index contributed by atoms with van der Waals surface area (Å²) < 4.78 is 24.7. The van der Waals surface area contributed by atoms with Crippen molar-refractivity contribution in [3.63, 3.8) is 0 Å². The van der Waals surface area contributed by atoms with Crippen LogP contribution in [0.5, 0.6) is 5.75 Å². The lowest BCUT2D eigenvalue weighted by Gasteiger charge is -2.33. The van der Waals surface area contributed by atoms with E-state index >= 15 is 0 Å². The van der Waals surface area contributed by atoms with Crippen molar-refractivity contribution in [2.45, 2.75) is 45.8 Å². The summed E-state index contributed by atoms with van der Waals surface area (Å²) in [6.45, 7) is 6.96. The Labute approximate surface area is 219 Å². The van der Waals surface area contributed by atoms with Gasteiger partial charge in [-0.15, -0.1) is 10.2 Å². The molecule has 0 saturated carbocycles. The topological polar surface area (TPSA) is 115 Å². The number of tetrazole rings is 1. The molecule has 0 radical (unpaired) electrons. The first kappa shape index (κ1) is 26.5. The molecule has 38 heavy (non-hydrogen) atoms. The number of para-hydroxylation sites is 2. The summed E-state index contributed by atoms with van der Waals surface area (Å²) in [4.78, 5) is 30.0. The Morgan fingerprint density at radius 1 is 1.11 bits per heavy atom. The molecule has 0 aliphatic carbocycles. The number of aromatic nitrogens is 4. The summed E-state index contributed by atoms with van der Waals surface area (Å²) in [5.41, 5.74) is 0.325. The van der Waals surface area contributed by atoms with Crippen LogP contribution in [0, 0.1) is 12.7 Å². The zero-order valence-corrected chi connectivity index (χ0v) is 21.8. The fourth-order valence-electron chi connectivity index (χ4n) is 3.88. The number of nitrogens with one attached hydrogen (secondary N) is 1. The Hall–Kier alpha value is -4.54. The number of hydrogen-bond acceptors (Lipinski definition) is 7. The maximum Gasteiger partial charge on any atom is 0.251 e. The molecule has 11 heteroatoms. The van der Waals surface area contributed by atoms with Crippen LogP contribution in [-0.4, -0.2) is 44.7 Å². The first-order chi connectivity index (χ1) is 18.1. The third-order valence-corrected chi connectivity index (χ3v) is 5.48. The molecular weight excluding hydrogens is 491 g/mol. The zero-order chi connectivity index (χ0) is 27.4. The van der Waals surface area contributed by atoms with Crippen molar-refractivity contribution in [3.05, 3.63) is 78.0 Å². The summed E-state index contributed by atoms with van der Waals surface area (Å²) >= 11 is 0. The van der Waals surface area contributed by atoms with Crippen molar-refractivity contribution in [2.24, 2.45) is 0 Å². The molecule has 4 aromatic rings. The SMILES string of the molecule is COc1ccccc1N(C(=O)Cn1nnc(-c2ccc(F)cc2)n1)[C@@H](C(=O)NC(C)(C)C)c1ccc(C)o1. The minimum Gasteiger partial charge on any atom is -0.495 e. The smallest absolute Gasteiger partial charge is 0.251 e. The molecule has 0 aliphatic rings. The minimum absolute atomic E-state index is 0.227. The molecule has 2 aromatic carbocycles. The average molecular weight is 521 g/mol. The van der Waals surface area contributed by atoms with Gasteiger partial charge in [-0.2, -0.15) is 4.80 Å². The van der Waals surface area contributed by atoms with Crippen molar-refractivity contribution in [3.8, 4) is 17.1 Å². The number of hydrogen-bond donors (Lipinski definition) is 1. The maximum atomic E-state index is 13.9. The Kier molecular flexibility index (Phi) is 7.56. The molecule has 0 saturated heterocycles. The number of benzene rings is 2. The highest BCUT2D eigenvalue weighted by atomic mass is 19.1. The Morgan fingerprint density at radius 2 is 1.82 bits per heavy atom. The Balaban J connectivity index is 1.76. The van der Waals surface area contributed by atoms with E-state index in [9.17, 15) is 14.0 Å². The average Bonchev–Trinajstić information content (AvgIpc) is 3.50. The molecule has 0 aliphatic heterocycles. The van der Waals surface area contributed by atoms with Crippen LogP contribution in [0.15, 0.2) is 65.1 Å². The highest BCUT2D eigenvalue weighted by Crippen LogP contribution is 2.36. The number of rotatable bonds is 8. The number of ether oxygens (including phenoxy) is 1. The largest absolute Gasteiger partial charge is 0.495 e. The van der Waals surface area contributed by atoms with Crippen LogP contribution in [0.2, 0.25) is 0 Å². The normalized spacial score (nSPS) is 12.2. The van der Waals surface area contributed by atoms with Crippen LogP contribution in [0.1, 0.15) is 38.3 Å². The van der Waals surface area contributed by atoms with Crippen LogP contribution in [0.3, 0.4) is 0 Å². The molecule has 0 spiro atoms. The van der Waals surface area contributed by atoms with E-state index in [2.05, 4.69) is 20.7 Å². The molecule has 1 N–H and O–H groups in total. The molecular formula is C27H29FN6O4. The van der Waals surface area contributed by atoms with Crippen LogP contribution in [-0.2, 0) is 16.1 Å². The van der Waals surface area contributed by atoms with Gasteiger partial charge in [0.05, 0.1) is 12.8 Å². The van der Waals surface area contributed by atoms with E-state index < -0.39 is 29.2 Å². The summed E-state index contributed by atoms with van der Waals surface area (Å²) in [7, 11) is 1.48. The highest BCUT2D eigenvalue weighted by Gasteiger charge is 2.38. The Morgan fingerprint density at radius 3 is 2.45 bits per heavy atom. The van der Waals surface area contributed by atoms with Crippen molar-refractivity contribution in [2.75, 3.05) is 12.0 Å². The van der Waals surface area contributed by atoms with E-state index in [4.69, 9.17) is 9.15 Å². The second kappa shape index (κ2) is 10.8. The van der Waals surface area contributed by atoms with E-state index in [0.29, 0.717) is 22.8 Å². The molecule has 0 unspecified atom stereocenters. The highest BCUT2D eigenvalue weighted by molar-refractivity contribution is 6.02. The molecule has 0 fully saturated rings. The van der Waals surface area contributed by atoms with Gasteiger partial charge in [-0.3, -0.25) is 14.5 Å². The van der Waals surface area contributed by atoms with E-state index in [0.717, 1.165) is 4.80 Å². The predicted octanol–water partition coefficient (Wildman–Crippen LogP) is 4.08. The summed E-state index contributed by atoms with van der Waals surface area (Å²) in [6, 6.07) is 14.7. The van der Waals surface area contributed by atoms with Crippen molar-refractivity contribution in [1.82, 2.24) is 25.5 Å². The lowest BCUT2D eigenvalue weighted by atomic mass is 10.1. The summed E-state index contributed by atoms with van der Waals surface area (Å²) in [5.74, 6) is 0.133. The molecule has 4 rings (SSSR count). The lowest BCUT2D eigenvalue weighted by molar-refractivity contribution is -0.128. The monoisotopic (exact) mass is 520 g/mol. The third-order valence-electron chi connectivity index (χ3n) is 5.48. The number of aryl methyl sites for hydroxylation is 1. The molecule has 2 heterocycles. The summed E-state index contributed by atoms with van der Waals surface area (Å²) in [5, 5.41) is 15.2. The van der Waals surface area contributed by atoms with Crippen LogP contribution in [0.25, 0.3) is 11.4 Å². The van der Waals surface area contributed by atoms with E-state index in [-0.39, 0.29) is 18.1 Å². The first-order valence-corrected chi connectivity index (χ1v) is 11.9. The molecule has 10 nitrogen and oxygen atoms in total. The van der Waals surface area contributed by atoms with E-state index in [1.807, 2.05) is 20.8 Å². The van der Waals surface area contributed by atoms with Crippen LogP contribution >= 0.6 is 0 Å². The zero-order valence-electron chi connectivity index (χ0n) is 21.8. The predicted molar refractivity (Wildman–Crippen MR) is 138 cm³/mol. The lowest BCUT2D eigenvalue weighted by Crippen LogP contribution is -2.50. The molecule has 1 atom stereocenters. The van der Waals surface area contributed by atoms with Gasteiger partial charge in [-0.1, -0.05) is 12.1 Å². The molecule has 2 aromatic heterocycles. The van der Waals surface area contributed by atoms with Gasteiger partial charge >= 0.3 is 0 Å². The van der Waals surface area contributed by atoms with Gasteiger partial charge in [-0.25, -0.2) is 4.39 Å². The van der Waals surface area contributed by atoms with Crippen LogP contribution < -0.4 is 15.0 Å². The van der Waals surface area contributed by atoms with Gasteiger partial charge in [0.15, 0.2) is 6.04 Å². The fraction of sp³-hybridized carbons (Fsp3) is 0.296. The van der Waals surface area contributed by atoms with Crippen molar-refractivity contribution < 1.29 is 23.1 Å². The van der Waals surface area contributed by atoms with E-state index in [1.165, 1.54) is 36.3 Å². The minimum atomic E-state index is -1.16. The third kappa shape index (κ3) is 6.05. The number of carbonyl (C=O) groups excluding carboxylic acids is 2. The fourth-order valence-corrected chi connectivity index (χ4v) is 3.88. The number of nitrogens with zero attached hydrogens (tertiary/aromatic N) is 5. The van der Waals surface area contributed by atoms with Gasteiger partial charge in [0.2, 0.25) is 5.82 Å². The number of furan rings is 1. The van der Waals surface area contributed by atoms with Crippen molar-refractivity contribution >= 4 is 17.5 Å². The Bertz CT molecular complexity index is 1420. The number of methoxy groups -OCH3 is 1. The van der Waals surface area contributed by atoms with Crippen LogP contribution in [0.4, 0.5) is 10.1 Å². The number of carbonyl (C=O) groups is 2. The van der Waals surface area contributed by atoms with Gasteiger partial charge in [0.25, 0.3) is 11.8 Å². The van der Waals surface area contributed by atoms with Gasteiger partial charge in [-0.05, 0) is 81.4 Å². The molecule has 0 bridgehead atoms. The van der Waals surface area contributed by atoms with Crippen molar-refractivity contribution in [1.29, 1.82) is 0 Å². The molecule has 198 valence electrons. The number of amides is 2. The first-order valence-electron chi connectivity index (χ1n) is 11.9. The number of halogens is 1. The summed E-state index contributed by atoms with van der Waals surface area (Å²) in [6.07, 6.45) is 0. The van der Waals surface area contributed by atoms with Gasteiger partial charge in [0.1, 0.15) is 29.6 Å². The second-order valence-electron chi connectivity index (χ2n) is 9.68. The van der Waals surface area contributed by atoms with E-state index in [1.54, 1.807) is 43.3 Å². The standard InChI is InChI=1S/C27H29FN6O4/c1-17-10-15-22(38-17)24(26(36)29-27(2,3)4)34(20-8-6-7-9-21(20)37-5)23(35)16-33-31-25(30-32-33)18-11-13-19(28)14-12-18/h6-15,24H,16H2,1-5H3,(H,29,36)/t24-/m1/s1.